The van der Waals surface area contributed by atoms with Gasteiger partial charge in [-0.05, 0) is 81.6 Å². The van der Waals surface area contributed by atoms with E-state index in [0.717, 1.165) is 83.2 Å². The molecule has 0 aromatic carbocycles. The molecule has 6 heteroatoms. The predicted molar refractivity (Wildman–Crippen MR) is 139 cm³/mol. The predicted octanol–water partition coefficient (Wildman–Crippen LogP) is 6.69. The van der Waals surface area contributed by atoms with Gasteiger partial charge in [0.2, 0.25) is 0 Å². The summed E-state index contributed by atoms with van der Waals surface area (Å²) in [5.41, 5.74) is 1.19. The van der Waals surface area contributed by atoms with Gasteiger partial charge in [0.25, 0.3) is 0 Å². The van der Waals surface area contributed by atoms with Gasteiger partial charge in [0.1, 0.15) is 5.76 Å². The first kappa shape index (κ1) is 27.7. The van der Waals surface area contributed by atoms with Crippen LogP contribution in [0.5, 0.6) is 0 Å². The Labute approximate surface area is 218 Å². The van der Waals surface area contributed by atoms with Crippen LogP contribution in [0.4, 0.5) is 0 Å². The standard InChI is InChI=1S/C30H48O6/c1-4-5-10-21(2)13-14-25(35-28-11-6-8-15-33-28)30-24-18-22(19-27(31)32-3)17-23(24)20-26(30)36-29-12-7-9-16-34-29/h14,19,21,23-24,26,28-30H,4-13,15-18,20H2,1-3H3/t21?,23-,24-,26-,28?,29?,30+/m1/s1. The van der Waals surface area contributed by atoms with Crippen molar-refractivity contribution >= 4 is 5.97 Å². The van der Waals surface area contributed by atoms with Crippen molar-refractivity contribution in [1.29, 1.82) is 0 Å². The quantitative estimate of drug-likeness (QED) is 0.177. The average Bonchev–Trinajstić information content (AvgIpc) is 3.43. The number of carbonyl (C=O) groups excluding carboxylic acids is 1. The van der Waals surface area contributed by atoms with Gasteiger partial charge in [-0.3, -0.25) is 0 Å². The van der Waals surface area contributed by atoms with Crippen molar-refractivity contribution in [3.05, 3.63) is 23.5 Å². The molecule has 2 saturated carbocycles. The second-order valence-corrected chi connectivity index (χ2v) is 11.4. The van der Waals surface area contributed by atoms with E-state index in [4.69, 9.17) is 23.7 Å². The summed E-state index contributed by atoms with van der Waals surface area (Å²) in [6.45, 7) is 6.15. The molecule has 2 aliphatic carbocycles. The van der Waals surface area contributed by atoms with Crippen LogP contribution in [0.25, 0.3) is 0 Å². The second-order valence-electron chi connectivity index (χ2n) is 11.4. The van der Waals surface area contributed by atoms with Crippen molar-refractivity contribution in [3.63, 3.8) is 0 Å². The van der Waals surface area contributed by atoms with Crippen molar-refractivity contribution in [2.75, 3.05) is 20.3 Å². The Morgan fingerprint density at radius 3 is 2.50 bits per heavy atom. The number of hydrogen-bond acceptors (Lipinski definition) is 6. The van der Waals surface area contributed by atoms with Crippen LogP contribution < -0.4 is 0 Å². The molecule has 4 fully saturated rings. The Hall–Kier alpha value is -1.37. The lowest BCUT2D eigenvalue weighted by atomic mass is 9.88. The number of allylic oxidation sites excluding steroid dienone is 2. The molecule has 36 heavy (non-hydrogen) atoms. The van der Waals surface area contributed by atoms with Gasteiger partial charge in [0, 0.05) is 25.0 Å². The molecule has 204 valence electrons. The highest BCUT2D eigenvalue weighted by Crippen LogP contribution is 2.54. The molecule has 3 unspecified atom stereocenters. The fraction of sp³-hybridized carbons (Fsp3) is 0.833. The lowest BCUT2D eigenvalue weighted by Crippen LogP contribution is -2.34. The van der Waals surface area contributed by atoms with E-state index < -0.39 is 0 Å². The Balaban J connectivity index is 1.56. The molecule has 0 spiro atoms. The number of unbranched alkanes of at least 4 members (excludes halogenated alkanes) is 1. The second kappa shape index (κ2) is 14.0. The van der Waals surface area contributed by atoms with E-state index >= 15 is 0 Å². The molecule has 2 heterocycles. The number of rotatable bonds is 11. The minimum absolute atomic E-state index is 0.0727. The summed E-state index contributed by atoms with van der Waals surface area (Å²) < 4.78 is 30.3. The molecule has 7 atom stereocenters. The maximum absolute atomic E-state index is 12.0. The lowest BCUT2D eigenvalue weighted by Gasteiger charge is -2.34. The first-order valence-corrected chi connectivity index (χ1v) is 14.6. The lowest BCUT2D eigenvalue weighted by molar-refractivity contribution is -0.201. The average molecular weight is 505 g/mol. The molecule has 6 nitrogen and oxygen atoms in total. The normalized spacial score (nSPS) is 35.0. The third-order valence-corrected chi connectivity index (χ3v) is 8.52. The zero-order valence-corrected chi connectivity index (χ0v) is 22.8. The molecule has 4 aliphatic rings. The van der Waals surface area contributed by atoms with E-state index in [9.17, 15) is 4.79 Å². The molecular weight excluding hydrogens is 456 g/mol. The molecule has 0 aromatic rings. The van der Waals surface area contributed by atoms with E-state index in [1.807, 2.05) is 0 Å². The maximum atomic E-state index is 12.0. The Kier molecular flexibility index (Phi) is 10.7. The van der Waals surface area contributed by atoms with Crippen molar-refractivity contribution < 1.29 is 28.5 Å². The summed E-state index contributed by atoms with van der Waals surface area (Å²) in [5.74, 6) is 2.46. The summed E-state index contributed by atoms with van der Waals surface area (Å²) in [4.78, 5) is 12.0. The van der Waals surface area contributed by atoms with Crippen LogP contribution in [0.2, 0.25) is 0 Å². The highest BCUT2D eigenvalue weighted by Gasteiger charge is 2.51. The van der Waals surface area contributed by atoms with Crippen LogP contribution in [-0.2, 0) is 28.5 Å². The third-order valence-electron chi connectivity index (χ3n) is 8.52. The Bertz CT molecular complexity index is 749. The van der Waals surface area contributed by atoms with Gasteiger partial charge in [-0.2, -0.15) is 0 Å². The molecule has 2 aliphatic heterocycles. The van der Waals surface area contributed by atoms with Crippen molar-refractivity contribution in [2.24, 2.45) is 23.7 Å². The number of carbonyl (C=O) groups is 1. The van der Waals surface area contributed by atoms with E-state index in [0.29, 0.717) is 17.8 Å². The van der Waals surface area contributed by atoms with Crippen LogP contribution in [0, 0.1) is 23.7 Å². The SMILES string of the molecule is CCCCC(C)CC=C(OC1CCCCO1)[C@@H]1[C@@H]2CC(=CC(=O)OC)C[C@@H]2C[C@H]1OC1CCCCO1. The van der Waals surface area contributed by atoms with Crippen LogP contribution in [-0.4, -0.2) is 45.0 Å². The number of ether oxygens (including phenoxy) is 5. The monoisotopic (exact) mass is 504 g/mol. The summed E-state index contributed by atoms with van der Waals surface area (Å²) in [6.07, 6.45) is 17.8. The molecule has 0 amide bonds. The smallest absolute Gasteiger partial charge is 0.330 e. The number of esters is 1. The minimum atomic E-state index is -0.253. The van der Waals surface area contributed by atoms with Gasteiger partial charge in [0.15, 0.2) is 12.6 Å². The van der Waals surface area contributed by atoms with E-state index in [1.54, 1.807) is 6.08 Å². The highest BCUT2D eigenvalue weighted by molar-refractivity contribution is 5.82. The molecule has 0 N–H and O–H groups in total. The molecule has 4 rings (SSSR count). The first-order valence-electron chi connectivity index (χ1n) is 14.6. The molecular formula is C30H48O6. The van der Waals surface area contributed by atoms with Gasteiger partial charge in [0.05, 0.1) is 19.8 Å². The molecule has 0 bridgehead atoms. The maximum Gasteiger partial charge on any atom is 0.330 e. The highest BCUT2D eigenvalue weighted by atomic mass is 16.7. The molecule has 2 saturated heterocycles. The summed E-state index contributed by atoms with van der Waals surface area (Å²) in [6, 6.07) is 0. The zero-order chi connectivity index (χ0) is 25.3. The first-order chi connectivity index (χ1) is 17.6. The summed E-state index contributed by atoms with van der Waals surface area (Å²) in [5, 5.41) is 0. The van der Waals surface area contributed by atoms with Gasteiger partial charge in [-0.15, -0.1) is 0 Å². The van der Waals surface area contributed by atoms with E-state index in [1.165, 1.54) is 31.9 Å². The topological polar surface area (TPSA) is 63.2 Å². The summed E-state index contributed by atoms with van der Waals surface area (Å²) in [7, 11) is 1.45. The van der Waals surface area contributed by atoms with Crippen molar-refractivity contribution in [2.45, 2.75) is 116 Å². The fourth-order valence-corrected chi connectivity index (χ4v) is 6.54. The van der Waals surface area contributed by atoms with Gasteiger partial charge >= 0.3 is 5.97 Å². The molecule has 0 radical (unpaired) electrons. The van der Waals surface area contributed by atoms with Crippen molar-refractivity contribution in [1.82, 2.24) is 0 Å². The largest absolute Gasteiger partial charge is 0.469 e. The van der Waals surface area contributed by atoms with E-state index in [2.05, 4.69) is 19.9 Å². The number of hydrogen-bond donors (Lipinski definition) is 0. The van der Waals surface area contributed by atoms with Crippen LogP contribution >= 0.6 is 0 Å². The minimum Gasteiger partial charge on any atom is -0.469 e. The zero-order valence-electron chi connectivity index (χ0n) is 22.8. The summed E-state index contributed by atoms with van der Waals surface area (Å²) >= 11 is 0. The number of fused-ring (bicyclic) bond motifs is 1. The van der Waals surface area contributed by atoms with Crippen molar-refractivity contribution in [3.8, 4) is 0 Å². The van der Waals surface area contributed by atoms with Crippen LogP contribution in [0.1, 0.15) is 97.3 Å². The number of methoxy groups -OCH3 is 1. The van der Waals surface area contributed by atoms with Crippen LogP contribution in [0.15, 0.2) is 23.5 Å². The van der Waals surface area contributed by atoms with Gasteiger partial charge in [-0.1, -0.05) is 38.7 Å². The van der Waals surface area contributed by atoms with Gasteiger partial charge < -0.3 is 23.7 Å². The Morgan fingerprint density at radius 1 is 1.08 bits per heavy atom. The Morgan fingerprint density at radius 2 is 1.83 bits per heavy atom. The van der Waals surface area contributed by atoms with Gasteiger partial charge in [-0.25, -0.2) is 4.79 Å². The third kappa shape index (κ3) is 7.58. The molecule has 0 aromatic heterocycles. The van der Waals surface area contributed by atoms with Crippen LogP contribution in [0.3, 0.4) is 0 Å². The van der Waals surface area contributed by atoms with E-state index in [-0.39, 0.29) is 30.6 Å². The fourth-order valence-electron chi connectivity index (χ4n) is 6.54.